The Morgan fingerprint density at radius 2 is 1.91 bits per heavy atom. The number of pyridine rings is 1. The molecular formula is C43H42ClN10O8S4+. The van der Waals surface area contributed by atoms with E-state index in [9.17, 15) is 19.2 Å². The lowest BCUT2D eigenvalue weighted by Gasteiger charge is -2.49. The SMILES string of the molecule is CO/N=C(\C(=O)N[C@@H]1C(=O)N2C(C(=O)OCc3ccc(OC)cc3)=C(C[n+]3ccc4c(ccn4Cc4cc(C(N)=Nc5nccs5)cs4)c3)CS[C@H]12)c1nc(NC(=O)OC(C)(C)C)sc1Cl. The summed E-state index contributed by atoms with van der Waals surface area (Å²) in [5, 5.41) is 13.9. The van der Waals surface area contributed by atoms with Gasteiger partial charge in [0.2, 0.25) is 5.13 Å². The molecule has 342 valence electrons. The summed E-state index contributed by atoms with van der Waals surface area (Å²) in [7, 11) is 2.80. The zero-order valence-corrected chi connectivity index (χ0v) is 40.0. The second kappa shape index (κ2) is 19.6. The van der Waals surface area contributed by atoms with Crippen LogP contribution >= 0.6 is 57.4 Å². The van der Waals surface area contributed by atoms with Gasteiger partial charge in [-0.2, -0.15) is 0 Å². The summed E-state index contributed by atoms with van der Waals surface area (Å²) < 4.78 is 20.5. The van der Waals surface area contributed by atoms with Crippen LogP contribution in [0.15, 0.2) is 99.4 Å². The third kappa shape index (κ3) is 10.4. The number of ether oxygens (including phenoxy) is 3. The summed E-state index contributed by atoms with van der Waals surface area (Å²) in [6.45, 7) is 5.96. The Bertz CT molecular complexity index is 2900. The van der Waals surface area contributed by atoms with Crippen LogP contribution in [0, 0.1) is 0 Å². The summed E-state index contributed by atoms with van der Waals surface area (Å²) in [5.41, 5.74) is 8.40. The topological polar surface area (TPSA) is 218 Å². The van der Waals surface area contributed by atoms with E-state index >= 15 is 0 Å². The Morgan fingerprint density at radius 3 is 2.64 bits per heavy atom. The van der Waals surface area contributed by atoms with Crippen molar-refractivity contribution in [1.82, 2.24) is 24.8 Å². The number of amides is 3. The number of carbonyl (C=O) groups excluding carboxylic acids is 4. The number of hydrogen-bond acceptors (Lipinski definition) is 16. The summed E-state index contributed by atoms with van der Waals surface area (Å²) in [6, 6.07) is 12.1. The normalized spacial score (nSPS) is 16.5. The minimum absolute atomic E-state index is 0.0265. The van der Waals surface area contributed by atoms with E-state index in [1.54, 1.807) is 69.7 Å². The number of carbonyl (C=O) groups is 4. The largest absolute Gasteiger partial charge is 0.497 e. The number of oxime groups is 1. The van der Waals surface area contributed by atoms with E-state index < -0.39 is 40.9 Å². The number of aromatic nitrogens is 4. The molecule has 3 amide bonds. The molecule has 0 bridgehead atoms. The third-order valence-corrected chi connectivity index (χ3v) is 14.0. The van der Waals surface area contributed by atoms with Crippen LogP contribution < -0.4 is 25.7 Å². The number of thiophene rings is 1. The van der Waals surface area contributed by atoms with Gasteiger partial charge < -0.3 is 34.7 Å². The van der Waals surface area contributed by atoms with Crippen molar-refractivity contribution in [3.05, 3.63) is 115 Å². The molecule has 0 unspecified atom stereocenters. The molecule has 8 rings (SSSR count). The fourth-order valence-corrected chi connectivity index (χ4v) is 10.7. The van der Waals surface area contributed by atoms with Gasteiger partial charge >= 0.3 is 12.1 Å². The highest BCUT2D eigenvalue weighted by Gasteiger charge is 2.55. The van der Waals surface area contributed by atoms with Gasteiger partial charge in [0.05, 0.1) is 24.6 Å². The number of aliphatic imine (C=N–C) groups is 1. The predicted octanol–water partition coefficient (Wildman–Crippen LogP) is 6.45. The number of halogens is 1. The van der Waals surface area contributed by atoms with Gasteiger partial charge in [-0.15, -0.1) is 34.4 Å². The Labute approximate surface area is 399 Å². The third-order valence-electron chi connectivity index (χ3n) is 9.92. The fourth-order valence-electron chi connectivity index (χ4n) is 6.97. The van der Waals surface area contributed by atoms with Gasteiger partial charge in [-0.05, 0) is 50.6 Å². The molecule has 0 aliphatic carbocycles. The lowest BCUT2D eigenvalue weighted by atomic mass is 10.0. The lowest BCUT2D eigenvalue weighted by Crippen LogP contribution is -2.71. The molecule has 0 spiro atoms. The van der Waals surface area contributed by atoms with Gasteiger partial charge in [0.1, 0.15) is 58.0 Å². The molecule has 1 aromatic carbocycles. The van der Waals surface area contributed by atoms with Gasteiger partial charge in [-0.3, -0.25) is 19.8 Å². The van der Waals surface area contributed by atoms with Gasteiger partial charge in [0, 0.05) is 51.0 Å². The van der Waals surface area contributed by atoms with Gasteiger partial charge in [0.25, 0.3) is 11.8 Å². The molecule has 66 heavy (non-hydrogen) atoms. The number of fused-ring (bicyclic) bond motifs is 2. The second-order valence-electron chi connectivity index (χ2n) is 15.6. The molecule has 18 nitrogen and oxygen atoms in total. The number of β-lactam (4-membered cyclic amide) rings is 1. The number of methoxy groups -OCH3 is 1. The van der Waals surface area contributed by atoms with Crippen molar-refractivity contribution in [3.63, 3.8) is 0 Å². The number of rotatable bonds is 15. The predicted molar refractivity (Wildman–Crippen MR) is 253 cm³/mol. The molecule has 1 saturated heterocycles. The van der Waals surface area contributed by atoms with E-state index in [1.165, 1.54) is 35.1 Å². The van der Waals surface area contributed by atoms with E-state index in [0.717, 1.165) is 38.2 Å². The average Bonchev–Trinajstić information content (AvgIpc) is 4.12. The van der Waals surface area contributed by atoms with Crippen LogP contribution in [-0.4, -0.2) is 91.8 Å². The minimum Gasteiger partial charge on any atom is -0.497 e. The molecule has 2 aliphatic heterocycles. The highest BCUT2D eigenvalue weighted by molar-refractivity contribution is 8.00. The maximum atomic E-state index is 14.1. The fraction of sp³-hybridized carbons (Fsp3) is 0.279. The number of nitrogens with zero attached hydrogens (tertiary/aromatic N) is 7. The summed E-state index contributed by atoms with van der Waals surface area (Å²) >= 11 is 11.8. The Hall–Kier alpha value is -6.33. The number of hydrogen-bond donors (Lipinski definition) is 3. The average molecular weight is 991 g/mol. The Balaban J connectivity index is 1.00. The van der Waals surface area contributed by atoms with Crippen LogP contribution in [0.4, 0.5) is 15.1 Å². The molecular weight excluding hydrogens is 948 g/mol. The number of amidine groups is 1. The highest BCUT2D eigenvalue weighted by Crippen LogP contribution is 2.41. The van der Waals surface area contributed by atoms with E-state index in [1.807, 2.05) is 52.1 Å². The van der Waals surface area contributed by atoms with Crippen LogP contribution in [0.25, 0.3) is 10.9 Å². The number of nitrogens with one attached hydrogen (secondary N) is 2. The molecule has 2 atom stereocenters. The van der Waals surface area contributed by atoms with Crippen LogP contribution in [0.1, 0.15) is 42.5 Å². The summed E-state index contributed by atoms with van der Waals surface area (Å²) in [5.74, 6) is -0.640. The van der Waals surface area contributed by atoms with Crippen molar-refractivity contribution in [1.29, 1.82) is 0 Å². The summed E-state index contributed by atoms with van der Waals surface area (Å²) in [4.78, 5) is 74.7. The first kappa shape index (κ1) is 46.2. The van der Waals surface area contributed by atoms with E-state index in [2.05, 4.69) is 35.3 Å². The first-order valence-electron chi connectivity index (χ1n) is 20.0. The maximum Gasteiger partial charge on any atom is 0.413 e. The second-order valence-corrected chi connectivity index (χ2v) is 20.2. The van der Waals surface area contributed by atoms with Crippen LogP contribution in [-0.2, 0) is 48.4 Å². The van der Waals surface area contributed by atoms with E-state index in [-0.39, 0.29) is 39.7 Å². The molecule has 0 radical (unpaired) electrons. The van der Waals surface area contributed by atoms with E-state index in [0.29, 0.717) is 34.6 Å². The van der Waals surface area contributed by atoms with Crippen molar-refractivity contribution in [3.8, 4) is 5.75 Å². The standard InChI is InChI=1S/C43H41ClN10O8S4/c1-43(2,3)62-42(58)50-41-48-30(34(44)66-41)31(51-60-5)36(55)47-32-37(56)54-33(39(57)61-20-23-6-8-27(59-4)9-7-23)26(22-65-38(32)54)18-52-13-11-29-24(17-52)10-14-53(29)19-28-16-25(21-64-28)35(45)49-40-46-12-15-63-40/h6-17,21,32,38H,18-20,22H2,1-5H3,(H3-,45,46,47,48,49,50,55,58)/p+1/b51-31-/t32-,38-/m1/s1. The molecule has 5 aromatic heterocycles. The molecule has 23 heteroatoms. The van der Waals surface area contributed by atoms with Crippen molar-refractivity contribution in [2.24, 2.45) is 15.9 Å². The molecule has 1 fully saturated rings. The van der Waals surface area contributed by atoms with Crippen molar-refractivity contribution in [2.75, 3.05) is 25.3 Å². The van der Waals surface area contributed by atoms with Crippen LogP contribution in [0.2, 0.25) is 4.34 Å². The molecule has 2 aliphatic rings. The van der Waals surface area contributed by atoms with Crippen LogP contribution in [0.3, 0.4) is 0 Å². The Morgan fingerprint density at radius 1 is 1.11 bits per heavy atom. The van der Waals surface area contributed by atoms with Gasteiger partial charge in [0.15, 0.2) is 29.8 Å². The van der Waals surface area contributed by atoms with Crippen LogP contribution in [0.5, 0.6) is 5.75 Å². The molecule has 0 saturated carbocycles. The first-order valence-corrected chi connectivity index (χ1v) is 24.0. The maximum absolute atomic E-state index is 14.1. The zero-order chi connectivity index (χ0) is 46.7. The quantitative estimate of drug-likeness (QED) is 0.0253. The number of esters is 1. The number of thiazole rings is 2. The van der Waals surface area contributed by atoms with E-state index in [4.69, 9.17) is 36.4 Å². The smallest absolute Gasteiger partial charge is 0.413 e. The molecule has 4 N–H and O–H groups in total. The van der Waals surface area contributed by atoms with Crippen molar-refractivity contribution >= 4 is 114 Å². The number of thioether (sulfide) groups is 1. The lowest BCUT2D eigenvalue weighted by molar-refractivity contribution is -0.687. The van der Waals surface area contributed by atoms with Gasteiger partial charge in [-0.25, -0.2) is 29.1 Å². The minimum atomic E-state index is -1.06. The number of anilines is 1. The number of benzene rings is 1. The molecule has 7 heterocycles. The Kier molecular flexibility index (Phi) is 13.8. The van der Waals surface area contributed by atoms with Gasteiger partial charge in [-0.1, -0.05) is 40.2 Å². The zero-order valence-electron chi connectivity index (χ0n) is 36.0. The highest BCUT2D eigenvalue weighted by atomic mass is 35.5. The first-order chi connectivity index (χ1) is 31.7. The summed E-state index contributed by atoms with van der Waals surface area (Å²) in [6.07, 6.45) is 6.85. The van der Waals surface area contributed by atoms with Crippen molar-refractivity contribution in [2.45, 2.75) is 57.5 Å². The van der Waals surface area contributed by atoms with Crippen molar-refractivity contribution < 1.29 is 42.8 Å². The number of nitrogens with two attached hydrogens (primary N) is 1. The monoisotopic (exact) mass is 989 g/mol. The molecule has 6 aromatic rings.